The maximum atomic E-state index is 8.64. The van der Waals surface area contributed by atoms with Gasteiger partial charge in [0.2, 0.25) is 0 Å². The number of rotatable bonds is 5. The Balaban J connectivity index is 2.54. The highest BCUT2D eigenvalue weighted by Gasteiger charge is 2.05. The van der Waals surface area contributed by atoms with Crippen LogP contribution in [0.15, 0.2) is 27.1 Å². The Morgan fingerprint density at radius 1 is 1.38 bits per heavy atom. The van der Waals surface area contributed by atoms with Gasteiger partial charge in [0.25, 0.3) is 0 Å². The fourth-order valence-corrected chi connectivity index (χ4v) is 2.06. The van der Waals surface area contributed by atoms with Crippen molar-refractivity contribution >= 4 is 31.9 Å². The fraction of sp³-hybridized carbons (Fsp3) is 0.417. The lowest BCUT2D eigenvalue weighted by atomic mass is 10.1. The van der Waals surface area contributed by atoms with Gasteiger partial charge in [-0.2, -0.15) is 5.26 Å². The van der Waals surface area contributed by atoms with Crippen molar-refractivity contribution in [2.45, 2.75) is 32.4 Å². The zero-order chi connectivity index (χ0) is 12.0. The van der Waals surface area contributed by atoms with Gasteiger partial charge < -0.3 is 5.32 Å². The minimum Gasteiger partial charge on any atom is -0.309 e. The molecule has 1 rings (SSSR count). The zero-order valence-electron chi connectivity index (χ0n) is 9.13. The van der Waals surface area contributed by atoms with E-state index in [4.69, 9.17) is 5.26 Å². The van der Waals surface area contributed by atoms with Gasteiger partial charge in [-0.05, 0) is 56.0 Å². The summed E-state index contributed by atoms with van der Waals surface area (Å²) < 4.78 is 2.11. The molecule has 0 aromatic heterocycles. The second-order valence-corrected chi connectivity index (χ2v) is 5.31. The average molecular weight is 346 g/mol. The molecule has 1 atom stereocenters. The van der Waals surface area contributed by atoms with Crippen molar-refractivity contribution in [2.75, 3.05) is 0 Å². The van der Waals surface area contributed by atoms with Crippen molar-refractivity contribution in [2.24, 2.45) is 0 Å². The number of nitrogens with zero attached hydrogens (tertiary/aromatic N) is 1. The SMILES string of the molecule is CCC(CC#N)NCc1ccc(Br)c(Br)c1. The molecule has 0 saturated carbocycles. The predicted octanol–water partition coefficient (Wildman–Crippen LogP) is 3.99. The molecule has 0 radical (unpaired) electrons. The van der Waals surface area contributed by atoms with Crippen LogP contribution in [0.1, 0.15) is 25.3 Å². The molecule has 1 aromatic carbocycles. The van der Waals surface area contributed by atoms with E-state index in [0.717, 1.165) is 21.9 Å². The van der Waals surface area contributed by atoms with Crippen LogP contribution >= 0.6 is 31.9 Å². The van der Waals surface area contributed by atoms with Crippen molar-refractivity contribution in [3.63, 3.8) is 0 Å². The van der Waals surface area contributed by atoms with Crippen molar-refractivity contribution < 1.29 is 0 Å². The van der Waals surface area contributed by atoms with E-state index in [2.05, 4.69) is 62.3 Å². The molecule has 0 aliphatic heterocycles. The Morgan fingerprint density at radius 3 is 2.69 bits per heavy atom. The normalized spacial score (nSPS) is 12.1. The first kappa shape index (κ1) is 13.7. The largest absolute Gasteiger partial charge is 0.309 e. The summed E-state index contributed by atoms with van der Waals surface area (Å²) >= 11 is 6.91. The topological polar surface area (TPSA) is 35.8 Å². The van der Waals surface area contributed by atoms with Crippen molar-refractivity contribution in [3.8, 4) is 6.07 Å². The molecule has 4 heteroatoms. The highest BCUT2D eigenvalue weighted by Crippen LogP contribution is 2.23. The fourth-order valence-electron chi connectivity index (χ4n) is 1.38. The summed E-state index contributed by atoms with van der Waals surface area (Å²) in [6.45, 7) is 2.89. The van der Waals surface area contributed by atoms with Gasteiger partial charge in [-0.15, -0.1) is 0 Å². The Labute approximate surface area is 113 Å². The third-order valence-corrected chi connectivity index (χ3v) is 4.29. The molecule has 1 aromatic rings. The molecule has 0 aliphatic rings. The van der Waals surface area contributed by atoms with Crippen LogP contribution in [0.5, 0.6) is 0 Å². The first-order valence-electron chi connectivity index (χ1n) is 5.21. The van der Waals surface area contributed by atoms with Gasteiger partial charge in [0, 0.05) is 21.5 Å². The van der Waals surface area contributed by atoms with Gasteiger partial charge in [0.05, 0.1) is 12.5 Å². The Hall–Kier alpha value is -0.370. The van der Waals surface area contributed by atoms with Crippen molar-refractivity contribution in [3.05, 3.63) is 32.7 Å². The molecule has 1 unspecified atom stereocenters. The van der Waals surface area contributed by atoms with E-state index in [0.29, 0.717) is 6.42 Å². The predicted molar refractivity (Wildman–Crippen MR) is 73.0 cm³/mol. The summed E-state index contributed by atoms with van der Waals surface area (Å²) in [5, 5.41) is 12.0. The number of nitrogens with one attached hydrogen (secondary N) is 1. The van der Waals surface area contributed by atoms with Crippen LogP contribution in [-0.2, 0) is 6.54 Å². The van der Waals surface area contributed by atoms with E-state index in [1.165, 1.54) is 5.56 Å². The van der Waals surface area contributed by atoms with Crippen molar-refractivity contribution in [1.29, 1.82) is 5.26 Å². The van der Waals surface area contributed by atoms with Gasteiger partial charge in [0.1, 0.15) is 0 Å². The molecule has 0 fully saturated rings. The molecule has 1 N–H and O–H groups in total. The van der Waals surface area contributed by atoms with Gasteiger partial charge in [-0.25, -0.2) is 0 Å². The molecular formula is C12H14Br2N2. The highest BCUT2D eigenvalue weighted by atomic mass is 79.9. The number of benzene rings is 1. The van der Waals surface area contributed by atoms with Crippen LogP contribution < -0.4 is 5.32 Å². The maximum Gasteiger partial charge on any atom is 0.0638 e. The standard InChI is InChI=1S/C12H14Br2N2/c1-2-10(5-6-15)16-8-9-3-4-11(13)12(14)7-9/h3-4,7,10,16H,2,5,8H2,1H3. The summed E-state index contributed by atoms with van der Waals surface area (Å²) in [5.74, 6) is 0. The van der Waals surface area contributed by atoms with Gasteiger partial charge in [0.15, 0.2) is 0 Å². The van der Waals surface area contributed by atoms with Crippen LogP contribution in [0, 0.1) is 11.3 Å². The van der Waals surface area contributed by atoms with Crippen LogP contribution in [0.2, 0.25) is 0 Å². The average Bonchev–Trinajstić information content (AvgIpc) is 2.28. The minimum atomic E-state index is 0.285. The number of hydrogen-bond donors (Lipinski definition) is 1. The minimum absolute atomic E-state index is 0.285. The second kappa shape index (κ2) is 7.05. The van der Waals surface area contributed by atoms with Crippen LogP contribution in [0.4, 0.5) is 0 Å². The highest BCUT2D eigenvalue weighted by molar-refractivity contribution is 9.13. The molecule has 0 bridgehead atoms. The number of halogens is 2. The molecule has 0 saturated heterocycles. The van der Waals surface area contributed by atoms with E-state index >= 15 is 0 Å². The quantitative estimate of drug-likeness (QED) is 0.875. The lowest BCUT2D eigenvalue weighted by molar-refractivity contribution is 0.505. The Morgan fingerprint density at radius 2 is 2.12 bits per heavy atom. The Kier molecular flexibility index (Phi) is 6.04. The van der Waals surface area contributed by atoms with Gasteiger partial charge in [-0.3, -0.25) is 0 Å². The first-order chi connectivity index (χ1) is 7.67. The molecular weight excluding hydrogens is 332 g/mol. The van der Waals surface area contributed by atoms with E-state index in [1.54, 1.807) is 0 Å². The molecule has 0 heterocycles. The monoisotopic (exact) mass is 344 g/mol. The first-order valence-corrected chi connectivity index (χ1v) is 6.80. The second-order valence-electron chi connectivity index (χ2n) is 3.60. The third-order valence-electron chi connectivity index (χ3n) is 2.41. The van der Waals surface area contributed by atoms with Gasteiger partial charge in [-0.1, -0.05) is 13.0 Å². The molecule has 0 spiro atoms. The lowest BCUT2D eigenvalue weighted by Crippen LogP contribution is -2.27. The Bertz CT molecular complexity index is 385. The van der Waals surface area contributed by atoms with E-state index in [-0.39, 0.29) is 6.04 Å². The maximum absolute atomic E-state index is 8.64. The summed E-state index contributed by atoms with van der Waals surface area (Å²) in [6.07, 6.45) is 1.54. The lowest BCUT2D eigenvalue weighted by Gasteiger charge is -2.13. The summed E-state index contributed by atoms with van der Waals surface area (Å²) in [7, 11) is 0. The molecule has 2 nitrogen and oxygen atoms in total. The summed E-state index contributed by atoms with van der Waals surface area (Å²) in [4.78, 5) is 0. The molecule has 0 amide bonds. The third kappa shape index (κ3) is 4.25. The van der Waals surface area contributed by atoms with E-state index in [9.17, 15) is 0 Å². The number of hydrogen-bond acceptors (Lipinski definition) is 2. The summed E-state index contributed by atoms with van der Waals surface area (Å²) in [5.41, 5.74) is 1.21. The van der Waals surface area contributed by atoms with Gasteiger partial charge >= 0.3 is 0 Å². The smallest absolute Gasteiger partial charge is 0.0638 e. The molecule has 0 aliphatic carbocycles. The van der Waals surface area contributed by atoms with E-state index < -0.39 is 0 Å². The zero-order valence-corrected chi connectivity index (χ0v) is 12.3. The van der Waals surface area contributed by atoms with Crippen LogP contribution in [0.25, 0.3) is 0 Å². The summed E-state index contributed by atoms with van der Waals surface area (Å²) in [6, 6.07) is 8.65. The number of nitriles is 1. The van der Waals surface area contributed by atoms with E-state index in [1.807, 2.05) is 6.07 Å². The van der Waals surface area contributed by atoms with Crippen LogP contribution in [-0.4, -0.2) is 6.04 Å². The van der Waals surface area contributed by atoms with Crippen molar-refractivity contribution in [1.82, 2.24) is 5.32 Å². The molecule has 86 valence electrons. The molecule has 16 heavy (non-hydrogen) atoms. The van der Waals surface area contributed by atoms with Crippen LogP contribution in [0.3, 0.4) is 0 Å².